The number of fused-ring (bicyclic) bond motifs is 4. The summed E-state index contributed by atoms with van der Waals surface area (Å²) in [7, 11) is 0.209. The van der Waals surface area contributed by atoms with Crippen molar-refractivity contribution >= 4 is 95.9 Å². The lowest BCUT2D eigenvalue weighted by Crippen LogP contribution is -2.58. The number of hydrogen-bond acceptors (Lipinski definition) is 12. The lowest BCUT2D eigenvalue weighted by Gasteiger charge is -2.44. The molecule has 0 bridgehead atoms. The zero-order valence-electron chi connectivity index (χ0n) is 45.7. The van der Waals surface area contributed by atoms with Crippen molar-refractivity contribution < 1.29 is 56.8 Å². The van der Waals surface area contributed by atoms with Gasteiger partial charge in [0.15, 0.2) is 37.5 Å². The summed E-state index contributed by atoms with van der Waals surface area (Å²) in [6.07, 6.45) is 4.46. The van der Waals surface area contributed by atoms with Crippen molar-refractivity contribution in [2.24, 2.45) is 0 Å². The molecule has 0 saturated carbocycles. The molecule has 0 radical (unpaired) electrons. The summed E-state index contributed by atoms with van der Waals surface area (Å²) in [6.45, 7) is 16.1. The van der Waals surface area contributed by atoms with Crippen LogP contribution in [0.15, 0.2) is 85.2 Å². The summed E-state index contributed by atoms with van der Waals surface area (Å²) in [5.41, 5.74) is 6.14. The van der Waals surface area contributed by atoms with Gasteiger partial charge in [0, 0.05) is 30.1 Å². The minimum Gasteiger partial charge on any atom is -0.493 e. The van der Waals surface area contributed by atoms with E-state index in [4.69, 9.17) is 67.7 Å². The van der Waals surface area contributed by atoms with Crippen molar-refractivity contribution in [1.29, 1.82) is 0 Å². The SMILES string of the molecule is CCOC(=O)N1c2cc(OCCCCCOc3cc4c(cc3OC)C(=O)N3C=C(c5ccc(C=O)cc5)C[C@H]3[C@H](O[Si](C)(C)C(C)(C)C)N4C(=O)OCC(Cl)(Cl)Cl)c(OC)cc2C(=O)N2C=C(c3ccc(C)cc3)C[C@H]2[C@@H]1C. The summed E-state index contributed by atoms with van der Waals surface area (Å²) in [5.74, 6) is 0.502. The molecule has 4 amide bonds. The first kappa shape index (κ1) is 57.9. The maximum atomic E-state index is 15.0. The maximum absolute atomic E-state index is 15.0. The quantitative estimate of drug-likeness (QED) is 0.0426. The predicted molar refractivity (Wildman–Crippen MR) is 304 cm³/mol. The normalized spacial score (nSPS) is 19.1. The molecule has 78 heavy (non-hydrogen) atoms. The van der Waals surface area contributed by atoms with Gasteiger partial charge >= 0.3 is 12.2 Å². The number of ether oxygens (including phenoxy) is 6. The average Bonchev–Trinajstić information content (AvgIpc) is 4.26. The number of nitrogens with zero attached hydrogens (tertiary/aromatic N) is 4. The van der Waals surface area contributed by atoms with E-state index in [1.807, 2.05) is 56.4 Å². The Morgan fingerprint density at radius 2 is 1.18 bits per heavy atom. The number of amides is 4. The molecular weight excluding hydrogens is 1080 g/mol. The maximum Gasteiger partial charge on any atom is 0.416 e. The van der Waals surface area contributed by atoms with Crippen LogP contribution in [0.25, 0.3) is 11.1 Å². The molecule has 0 aliphatic carbocycles. The summed E-state index contributed by atoms with van der Waals surface area (Å²) in [4.78, 5) is 75.5. The smallest absolute Gasteiger partial charge is 0.416 e. The second-order valence-corrected chi connectivity index (χ2v) is 28.6. The van der Waals surface area contributed by atoms with Gasteiger partial charge in [0.05, 0.1) is 74.7 Å². The fourth-order valence-electron chi connectivity index (χ4n) is 9.86. The number of unbranched alkanes of at least 4 members (excludes halogenated alkanes) is 2. The van der Waals surface area contributed by atoms with Gasteiger partial charge in [0.25, 0.3) is 11.8 Å². The molecule has 4 atom stereocenters. The number of alkyl halides is 3. The van der Waals surface area contributed by atoms with Crippen LogP contribution in [0, 0.1) is 6.92 Å². The van der Waals surface area contributed by atoms with Gasteiger partial charge in [-0.1, -0.05) is 110 Å². The molecule has 0 unspecified atom stereocenters. The number of halogens is 3. The first-order valence-corrected chi connectivity index (χ1v) is 30.1. The van der Waals surface area contributed by atoms with Gasteiger partial charge in [-0.3, -0.25) is 19.3 Å². The van der Waals surface area contributed by atoms with E-state index in [9.17, 15) is 24.0 Å². The Hall–Kier alpha value is -6.24. The van der Waals surface area contributed by atoms with Gasteiger partial charge in [0.1, 0.15) is 12.9 Å². The summed E-state index contributed by atoms with van der Waals surface area (Å²) in [6, 6.07) is 20.1. The van der Waals surface area contributed by atoms with Crippen molar-refractivity contribution in [3.63, 3.8) is 0 Å². The largest absolute Gasteiger partial charge is 0.493 e. The fraction of sp³-hybridized carbons (Fsp3) is 0.431. The molecule has 0 fully saturated rings. The van der Waals surface area contributed by atoms with Gasteiger partial charge < -0.3 is 42.6 Å². The summed E-state index contributed by atoms with van der Waals surface area (Å²) < 4.78 is 40.9. The molecule has 4 aromatic carbocycles. The van der Waals surface area contributed by atoms with Crippen molar-refractivity contribution in [2.45, 2.75) is 120 Å². The number of aryl methyl sites for hydroxylation is 1. The number of aldehydes is 1. The summed E-state index contributed by atoms with van der Waals surface area (Å²) >= 11 is 18.4. The third kappa shape index (κ3) is 12.1. The van der Waals surface area contributed by atoms with Gasteiger partial charge in [-0.25, -0.2) is 14.5 Å². The van der Waals surface area contributed by atoms with E-state index in [-0.39, 0.29) is 71.5 Å². The van der Waals surface area contributed by atoms with Crippen LogP contribution in [0.3, 0.4) is 0 Å². The first-order valence-electron chi connectivity index (χ1n) is 26.0. The highest BCUT2D eigenvalue weighted by atomic mass is 35.6. The number of hydrogen-bond donors (Lipinski definition) is 0. The Kier molecular flexibility index (Phi) is 17.5. The average molecular weight is 1150 g/mol. The van der Waals surface area contributed by atoms with Crippen LogP contribution in [0.4, 0.5) is 21.0 Å². The first-order chi connectivity index (χ1) is 37.0. The minimum atomic E-state index is -2.76. The van der Waals surface area contributed by atoms with Gasteiger partial charge in [-0.2, -0.15) is 0 Å². The summed E-state index contributed by atoms with van der Waals surface area (Å²) in [5, 5.41) is -0.331. The van der Waals surface area contributed by atoms with E-state index in [0.29, 0.717) is 48.4 Å². The van der Waals surface area contributed by atoms with Gasteiger partial charge in [-0.05, 0) is 105 Å². The van der Waals surface area contributed by atoms with Crippen LogP contribution < -0.4 is 28.7 Å². The Morgan fingerprint density at radius 1 is 0.692 bits per heavy atom. The predicted octanol–water partition coefficient (Wildman–Crippen LogP) is 13.0. The van der Waals surface area contributed by atoms with Crippen LogP contribution in [0.2, 0.25) is 18.1 Å². The molecule has 4 aliphatic rings. The topological polar surface area (TPSA) is 163 Å². The lowest BCUT2D eigenvalue weighted by atomic mass is 9.97. The third-order valence-electron chi connectivity index (χ3n) is 15.1. The van der Waals surface area contributed by atoms with Crippen LogP contribution >= 0.6 is 34.8 Å². The Bertz CT molecular complexity index is 2990. The van der Waals surface area contributed by atoms with Crippen molar-refractivity contribution in [3.8, 4) is 23.0 Å². The second kappa shape index (κ2) is 23.6. The molecule has 0 saturated heterocycles. The van der Waals surface area contributed by atoms with E-state index in [1.54, 1.807) is 64.2 Å². The highest BCUT2D eigenvalue weighted by molar-refractivity contribution is 6.74. The van der Waals surface area contributed by atoms with Crippen LogP contribution in [0.5, 0.6) is 23.0 Å². The van der Waals surface area contributed by atoms with E-state index in [1.165, 1.54) is 19.1 Å². The van der Waals surface area contributed by atoms with E-state index >= 15 is 0 Å². The monoisotopic (exact) mass is 1140 g/mol. The lowest BCUT2D eigenvalue weighted by molar-refractivity contribution is 0.0585. The number of carbonyl (C=O) groups is 5. The molecule has 8 rings (SSSR count). The number of benzene rings is 4. The highest BCUT2D eigenvalue weighted by Crippen LogP contribution is 2.48. The third-order valence-corrected chi connectivity index (χ3v) is 19.9. The molecular formula is C58H67Cl3N4O12Si. The zero-order chi connectivity index (χ0) is 56.4. The Labute approximate surface area is 472 Å². The molecule has 20 heteroatoms. The number of methoxy groups -OCH3 is 2. The van der Waals surface area contributed by atoms with Crippen molar-refractivity contribution in [3.05, 3.63) is 119 Å². The van der Waals surface area contributed by atoms with E-state index < -0.39 is 55.1 Å². The van der Waals surface area contributed by atoms with Gasteiger partial charge in [-0.15, -0.1) is 0 Å². The highest BCUT2D eigenvalue weighted by Gasteiger charge is 2.52. The minimum absolute atomic E-state index is 0.115. The molecule has 4 aliphatic heterocycles. The molecule has 0 spiro atoms. The number of anilines is 2. The van der Waals surface area contributed by atoms with Crippen LogP contribution in [0.1, 0.15) is 114 Å². The molecule has 4 heterocycles. The zero-order valence-corrected chi connectivity index (χ0v) is 48.9. The second-order valence-electron chi connectivity index (χ2n) is 21.3. The fourth-order valence-corrected chi connectivity index (χ4v) is 11.2. The Balaban J connectivity index is 1.02. The number of carbonyl (C=O) groups excluding carboxylic acids is 5. The Morgan fingerprint density at radius 3 is 1.67 bits per heavy atom. The van der Waals surface area contributed by atoms with Crippen molar-refractivity contribution in [2.75, 3.05) is 50.4 Å². The molecule has 4 aromatic rings. The van der Waals surface area contributed by atoms with Crippen LogP contribution in [-0.4, -0.2) is 117 Å². The molecule has 416 valence electrons. The standard InChI is InChI=1S/C58H67Cl3N4O12Si/c1-11-73-55(69)64-36(3)44-25-40(38-19-15-35(2)16-20-38)31-62(44)52(67)42-27-48(71-7)50(29-45(42)64)74-23-13-12-14-24-75-51-30-46-43(28-49(51)72-8)53(68)63-32-41(39-21-17-37(33-66)18-22-39)26-47(63)54(77-78(9,10)57(4,5)6)65(46)56(70)76-34-58(59,60)61/h15-22,27-33,36,44,47,54H,11-14,23-26,34H2,1-10H3/t36-,44-,47-,54-/m0/s1. The van der Waals surface area contributed by atoms with Gasteiger partial charge in [0.2, 0.25) is 3.79 Å². The molecule has 0 N–H and O–H groups in total. The molecule has 16 nitrogen and oxygen atoms in total. The van der Waals surface area contributed by atoms with E-state index in [0.717, 1.165) is 34.1 Å². The van der Waals surface area contributed by atoms with Crippen molar-refractivity contribution in [1.82, 2.24) is 9.80 Å². The molecule has 0 aromatic heterocycles. The van der Waals surface area contributed by atoms with Crippen LogP contribution in [-0.2, 0) is 13.9 Å². The van der Waals surface area contributed by atoms with E-state index in [2.05, 4.69) is 33.9 Å². The number of rotatable bonds is 17.